The van der Waals surface area contributed by atoms with Crippen LogP contribution in [0.15, 0.2) is 12.2 Å². The van der Waals surface area contributed by atoms with E-state index in [9.17, 15) is 15.0 Å². The van der Waals surface area contributed by atoms with E-state index in [4.69, 9.17) is 5.11 Å². The fourth-order valence-corrected chi connectivity index (χ4v) is 1.40. The number of carbonyl (C=O) groups is 1. The molecule has 0 aromatic rings. The molecule has 2 atom stereocenters. The molecule has 0 bridgehead atoms. The van der Waals surface area contributed by atoms with Crippen LogP contribution in [0.3, 0.4) is 0 Å². The molecule has 0 radical (unpaired) electrons. The van der Waals surface area contributed by atoms with E-state index in [1.54, 1.807) is 12.2 Å². The molecular weight excluding hydrogens is 172 g/mol. The second-order valence-corrected chi connectivity index (χ2v) is 3.41. The fraction of sp³-hybridized carbons (Fsp3) is 0.667. The Hall–Kier alpha value is -0.870. The number of aliphatic carboxylic acids is 1. The summed E-state index contributed by atoms with van der Waals surface area (Å²) in [6.45, 7) is 0. The smallest absolute Gasteiger partial charge is 0.335 e. The Kier molecular flexibility index (Phi) is 3.06. The molecule has 74 valence electrons. The zero-order valence-corrected chi connectivity index (χ0v) is 7.31. The minimum atomic E-state index is -1.66. The molecule has 0 saturated carbocycles. The summed E-state index contributed by atoms with van der Waals surface area (Å²) >= 11 is 0. The van der Waals surface area contributed by atoms with E-state index in [1.807, 2.05) is 0 Å². The van der Waals surface area contributed by atoms with Crippen LogP contribution < -0.4 is 0 Å². The van der Waals surface area contributed by atoms with Gasteiger partial charge in [-0.2, -0.15) is 0 Å². The van der Waals surface area contributed by atoms with Gasteiger partial charge in [-0.05, 0) is 25.7 Å². The molecule has 1 rings (SSSR count). The summed E-state index contributed by atoms with van der Waals surface area (Å²) in [6.07, 6.45) is 3.81. The van der Waals surface area contributed by atoms with Gasteiger partial charge in [0.2, 0.25) is 0 Å². The van der Waals surface area contributed by atoms with Gasteiger partial charge in [-0.3, -0.25) is 0 Å². The van der Waals surface area contributed by atoms with Crippen LogP contribution in [0.4, 0.5) is 0 Å². The Bertz CT molecular complexity index is 224. The van der Waals surface area contributed by atoms with Crippen LogP contribution in [-0.4, -0.2) is 33.0 Å². The van der Waals surface area contributed by atoms with Gasteiger partial charge >= 0.3 is 5.97 Å². The van der Waals surface area contributed by atoms with Gasteiger partial charge in [0.05, 0.1) is 6.10 Å². The molecule has 0 fully saturated rings. The van der Waals surface area contributed by atoms with Gasteiger partial charge in [0.15, 0.2) is 5.60 Å². The van der Waals surface area contributed by atoms with Crippen LogP contribution >= 0.6 is 0 Å². The van der Waals surface area contributed by atoms with Gasteiger partial charge in [0.1, 0.15) is 0 Å². The van der Waals surface area contributed by atoms with Crippen molar-refractivity contribution in [1.82, 2.24) is 0 Å². The van der Waals surface area contributed by atoms with Crippen molar-refractivity contribution in [2.45, 2.75) is 37.4 Å². The van der Waals surface area contributed by atoms with Crippen LogP contribution in [0, 0.1) is 0 Å². The Morgan fingerprint density at radius 1 is 1.46 bits per heavy atom. The second-order valence-electron chi connectivity index (χ2n) is 3.41. The van der Waals surface area contributed by atoms with Gasteiger partial charge < -0.3 is 15.3 Å². The van der Waals surface area contributed by atoms with Gasteiger partial charge in [-0.25, -0.2) is 4.79 Å². The lowest BCUT2D eigenvalue weighted by Crippen LogP contribution is -2.39. The van der Waals surface area contributed by atoms with E-state index in [0.29, 0.717) is 12.8 Å². The number of rotatable bonds is 1. The van der Waals surface area contributed by atoms with Crippen molar-refractivity contribution in [3.8, 4) is 0 Å². The first kappa shape index (κ1) is 10.2. The molecule has 0 amide bonds. The van der Waals surface area contributed by atoms with Crippen molar-refractivity contribution in [1.29, 1.82) is 0 Å². The lowest BCUT2D eigenvalue weighted by Gasteiger charge is -2.25. The Labute approximate surface area is 76.5 Å². The minimum Gasteiger partial charge on any atom is -0.479 e. The molecule has 0 heterocycles. The first-order valence-electron chi connectivity index (χ1n) is 4.35. The van der Waals surface area contributed by atoms with E-state index in [2.05, 4.69) is 0 Å². The number of carboxylic acid groups (broad SMARTS) is 1. The molecule has 0 spiro atoms. The Morgan fingerprint density at radius 2 is 2.15 bits per heavy atom. The topological polar surface area (TPSA) is 77.8 Å². The average Bonchev–Trinajstić information content (AvgIpc) is 2.06. The number of hydrogen-bond donors (Lipinski definition) is 3. The summed E-state index contributed by atoms with van der Waals surface area (Å²) in [6, 6.07) is 0. The quantitative estimate of drug-likeness (QED) is 0.514. The van der Waals surface area contributed by atoms with Crippen LogP contribution in [0.1, 0.15) is 25.7 Å². The van der Waals surface area contributed by atoms with E-state index in [1.165, 1.54) is 0 Å². The SMILES string of the molecule is O=C(O)[C@]1(O)CC/C=C/[C@H](O)CC1. The van der Waals surface area contributed by atoms with Crippen molar-refractivity contribution in [3.05, 3.63) is 12.2 Å². The highest BCUT2D eigenvalue weighted by molar-refractivity contribution is 5.77. The molecule has 0 saturated heterocycles. The molecule has 3 N–H and O–H groups in total. The third kappa shape index (κ3) is 2.54. The number of aliphatic hydroxyl groups excluding tert-OH is 1. The summed E-state index contributed by atoms with van der Waals surface area (Å²) < 4.78 is 0. The minimum absolute atomic E-state index is 0.105. The van der Waals surface area contributed by atoms with Crippen molar-refractivity contribution in [2.24, 2.45) is 0 Å². The van der Waals surface area contributed by atoms with Crippen LogP contribution in [0.5, 0.6) is 0 Å². The van der Waals surface area contributed by atoms with Gasteiger partial charge in [0.25, 0.3) is 0 Å². The monoisotopic (exact) mass is 186 g/mol. The van der Waals surface area contributed by atoms with Crippen LogP contribution in [-0.2, 0) is 4.79 Å². The van der Waals surface area contributed by atoms with E-state index < -0.39 is 17.7 Å². The molecule has 4 heteroatoms. The van der Waals surface area contributed by atoms with Crippen molar-refractivity contribution < 1.29 is 20.1 Å². The number of hydrogen-bond acceptors (Lipinski definition) is 3. The molecule has 0 unspecified atom stereocenters. The third-order valence-electron chi connectivity index (χ3n) is 2.33. The standard InChI is InChI=1S/C9H14O4/c10-7-3-1-2-5-9(13,6-4-7)8(11)12/h1,3,7,10,13H,2,4-6H2,(H,11,12)/b3-1+/t7-,9-/m0/s1. The summed E-state index contributed by atoms with van der Waals surface area (Å²) in [7, 11) is 0. The lowest BCUT2D eigenvalue weighted by molar-refractivity contribution is -0.160. The molecule has 0 aromatic heterocycles. The zero-order chi connectivity index (χ0) is 9.90. The van der Waals surface area contributed by atoms with Crippen LogP contribution in [0.2, 0.25) is 0 Å². The van der Waals surface area contributed by atoms with Crippen molar-refractivity contribution >= 4 is 5.97 Å². The van der Waals surface area contributed by atoms with Crippen LogP contribution in [0.25, 0.3) is 0 Å². The zero-order valence-electron chi connectivity index (χ0n) is 7.31. The molecule has 0 aromatic carbocycles. The van der Waals surface area contributed by atoms with Gasteiger partial charge in [0, 0.05) is 0 Å². The van der Waals surface area contributed by atoms with E-state index >= 15 is 0 Å². The molecule has 1 aliphatic rings. The highest BCUT2D eigenvalue weighted by Gasteiger charge is 2.35. The Balaban J connectivity index is 2.68. The van der Waals surface area contributed by atoms with Gasteiger partial charge in [-0.1, -0.05) is 12.2 Å². The largest absolute Gasteiger partial charge is 0.479 e. The van der Waals surface area contributed by atoms with Crippen molar-refractivity contribution in [2.75, 3.05) is 0 Å². The molecule has 13 heavy (non-hydrogen) atoms. The number of carboxylic acids is 1. The summed E-state index contributed by atoms with van der Waals surface area (Å²) in [4.78, 5) is 10.7. The predicted molar refractivity (Wildman–Crippen MR) is 46.2 cm³/mol. The maximum Gasteiger partial charge on any atom is 0.335 e. The second kappa shape index (κ2) is 3.89. The third-order valence-corrected chi connectivity index (χ3v) is 2.33. The first-order chi connectivity index (χ1) is 6.04. The Morgan fingerprint density at radius 3 is 2.77 bits per heavy atom. The maximum atomic E-state index is 10.7. The highest BCUT2D eigenvalue weighted by atomic mass is 16.4. The van der Waals surface area contributed by atoms with E-state index in [0.717, 1.165) is 0 Å². The summed E-state index contributed by atoms with van der Waals surface area (Å²) in [5, 5.41) is 27.6. The number of aliphatic hydroxyl groups is 2. The van der Waals surface area contributed by atoms with E-state index in [-0.39, 0.29) is 12.8 Å². The lowest BCUT2D eigenvalue weighted by atomic mass is 9.89. The van der Waals surface area contributed by atoms with Crippen molar-refractivity contribution in [3.63, 3.8) is 0 Å². The fourth-order valence-electron chi connectivity index (χ4n) is 1.40. The summed E-state index contributed by atoms with van der Waals surface area (Å²) in [5.41, 5.74) is -1.66. The normalized spacial score (nSPS) is 37.5. The number of allylic oxidation sites excluding steroid dienone is 1. The summed E-state index contributed by atoms with van der Waals surface area (Å²) in [5.74, 6) is -1.20. The first-order valence-corrected chi connectivity index (χ1v) is 4.35. The highest BCUT2D eigenvalue weighted by Crippen LogP contribution is 2.23. The molecule has 0 aliphatic heterocycles. The maximum absolute atomic E-state index is 10.7. The molecule has 4 nitrogen and oxygen atoms in total. The molecular formula is C9H14O4. The average molecular weight is 186 g/mol. The molecule has 1 aliphatic carbocycles. The predicted octanol–water partition coefficient (Wildman–Crippen LogP) is 0.293. The van der Waals surface area contributed by atoms with Gasteiger partial charge in [-0.15, -0.1) is 0 Å².